The number of hydrogen-bond donors (Lipinski definition) is 1. The predicted molar refractivity (Wildman–Crippen MR) is 111 cm³/mol. The zero-order valence-corrected chi connectivity index (χ0v) is 16.7. The normalized spacial score (nSPS) is 16.0. The molecule has 0 spiro atoms. The summed E-state index contributed by atoms with van der Waals surface area (Å²) >= 11 is 5.84. The highest BCUT2D eigenvalue weighted by molar-refractivity contribution is 6.30. The molecule has 0 radical (unpaired) electrons. The average molecular weight is 387 g/mol. The van der Waals surface area contributed by atoms with Crippen LogP contribution < -0.4 is 15.0 Å². The number of nitrogens with one attached hydrogen (secondary N) is 1. The number of benzene rings is 2. The van der Waals surface area contributed by atoms with Gasteiger partial charge in [-0.1, -0.05) is 30.7 Å². The van der Waals surface area contributed by atoms with E-state index in [0.29, 0.717) is 10.8 Å². The van der Waals surface area contributed by atoms with E-state index < -0.39 is 0 Å². The molecule has 0 aliphatic carbocycles. The number of anilines is 1. The molecule has 2 aromatic rings. The summed E-state index contributed by atoms with van der Waals surface area (Å²) in [7, 11) is 0. The van der Waals surface area contributed by atoms with Gasteiger partial charge in [-0.15, -0.1) is 0 Å². The quantitative estimate of drug-likeness (QED) is 0.772. The van der Waals surface area contributed by atoms with Gasteiger partial charge in [0.2, 0.25) is 0 Å². The van der Waals surface area contributed by atoms with Crippen molar-refractivity contribution < 1.29 is 9.53 Å². The second kappa shape index (κ2) is 9.14. The number of halogens is 1. The van der Waals surface area contributed by atoms with Gasteiger partial charge in [0.1, 0.15) is 5.75 Å². The fraction of sp³-hybridized carbons (Fsp3) is 0.409. The van der Waals surface area contributed by atoms with Crippen molar-refractivity contribution in [2.45, 2.75) is 32.7 Å². The summed E-state index contributed by atoms with van der Waals surface area (Å²) in [5, 5.41) is 3.62. The second-order valence-corrected chi connectivity index (χ2v) is 7.73. The van der Waals surface area contributed by atoms with E-state index in [-0.39, 0.29) is 18.6 Å². The SMILES string of the molecule is CC1CCN(c2ccc([C@@H](C)NC(=O)COc3ccc(Cl)cc3)cc2)CC1. The third kappa shape index (κ3) is 5.64. The molecule has 0 saturated carbocycles. The maximum atomic E-state index is 12.1. The summed E-state index contributed by atoms with van der Waals surface area (Å²) < 4.78 is 5.49. The summed E-state index contributed by atoms with van der Waals surface area (Å²) in [4.78, 5) is 14.6. The Labute approximate surface area is 166 Å². The number of amides is 1. The lowest BCUT2D eigenvalue weighted by molar-refractivity contribution is -0.123. The van der Waals surface area contributed by atoms with Crippen LogP contribution in [0, 0.1) is 5.92 Å². The average Bonchev–Trinajstić information content (AvgIpc) is 2.68. The van der Waals surface area contributed by atoms with Crippen LogP contribution in [-0.4, -0.2) is 25.6 Å². The van der Waals surface area contributed by atoms with Crippen LogP contribution in [0.2, 0.25) is 5.02 Å². The van der Waals surface area contributed by atoms with Gasteiger partial charge in [0.05, 0.1) is 6.04 Å². The lowest BCUT2D eigenvalue weighted by Gasteiger charge is -2.32. The van der Waals surface area contributed by atoms with Crippen molar-refractivity contribution in [1.82, 2.24) is 5.32 Å². The molecule has 144 valence electrons. The smallest absolute Gasteiger partial charge is 0.258 e. The van der Waals surface area contributed by atoms with E-state index in [1.165, 1.54) is 18.5 Å². The van der Waals surface area contributed by atoms with Crippen molar-refractivity contribution in [2.75, 3.05) is 24.6 Å². The number of carbonyl (C=O) groups excluding carboxylic acids is 1. The van der Waals surface area contributed by atoms with Gasteiger partial charge in [0.25, 0.3) is 5.91 Å². The molecule has 1 saturated heterocycles. The third-order valence-corrected chi connectivity index (χ3v) is 5.35. The minimum absolute atomic E-state index is 0.0178. The number of nitrogens with zero attached hydrogens (tertiary/aromatic N) is 1. The Morgan fingerprint density at radius 1 is 1.15 bits per heavy atom. The van der Waals surface area contributed by atoms with Crippen LogP contribution in [0.3, 0.4) is 0 Å². The summed E-state index contributed by atoms with van der Waals surface area (Å²) in [6.07, 6.45) is 2.50. The minimum atomic E-state index is -0.147. The first kappa shape index (κ1) is 19.6. The van der Waals surface area contributed by atoms with Gasteiger partial charge in [-0.05, 0) is 67.6 Å². The standard InChI is InChI=1S/C22H27ClN2O2/c1-16-11-13-25(14-12-16)20-7-3-18(4-8-20)17(2)24-22(26)15-27-21-9-5-19(23)6-10-21/h3-10,16-17H,11-15H2,1-2H3,(H,24,26)/t17-/m1/s1. The van der Waals surface area contributed by atoms with Crippen LogP contribution in [0.5, 0.6) is 5.75 Å². The van der Waals surface area contributed by atoms with Crippen molar-refractivity contribution in [2.24, 2.45) is 5.92 Å². The molecule has 1 aliphatic heterocycles. The molecule has 1 heterocycles. The maximum absolute atomic E-state index is 12.1. The highest BCUT2D eigenvalue weighted by Crippen LogP contribution is 2.24. The Morgan fingerprint density at radius 3 is 2.41 bits per heavy atom. The van der Waals surface area contributed by atoms with E-state index in [2.05, 4.69) is 41.4 Å². The lowest BCUT2D eigenvalue weighted by Crippen LogP contribution is -2.33. The fourth-order valence-electron chi connectivity index (χ4n) is 3.29. The topological polar surface area (TPSA) is 41.6 Å². The molecule has 27 heavy (non-hydrogen) atoms. The molecular weight excluding hydrogens is 360 g/mol. The van der Waals surface area contributed by atoms with Crippen LogP contribution >= 0.6 is 11.6 Å². The molecular formula is C22H27ClN2O2. The van der Waals surface area contributed by atoms with Gasteiger partial charge in [0.15, 0.2) is 6.61 Å². The highest BCUT2D eigenvalue weighted by Gasteiger charge is 2.16. The van der Waals surface area contributed by atoms with Crippen LogP contribution in [-0.2, 0) is 4.79 Å². The number of piperidine rings is 1. The number of carbonyl (C=O) groups is 1. The maximum Gasteiger partial charge on any atom is 0.258 e. The summed E-state index contributed by atoms with van der Waals surface area (Å²) in [5.41, 5.74) is 2.35. The molecule has 3 rings (SSSR count). The van der Waals surface area contributed by atoms with E-state index in [1.54, 1.807) is 24.3 Å². The molecule has 1 aliphatic rings. The molecule has 5 heteroatoms. The Hall–Kier alpha value is -2.20. The Balaban J connectivity index is 1.49. The number of rotatable bonds is 6. The third-order valence-electron chi connectivity index (χ3n) is 5.10. The zero-order valence-electron chi connectivity index (χ0n) is 16.0. The van der Waals surface area contributed by atoms with Crippen molar-refractivity contribution >= 4 is 23.2 Å². The summed E-state index contributed by atoms with van der Waals surface area (Å²) in [6.45, 7) is 6.53. The molecule has 1 atom stereocenters. The van der Waals surface area contributed by atoms with E-state index in [4.69, 9.17) is 16.3 Å². The van der Waals surface area contributed by atoms with Gasteiger partial charge >= 0.3 is 0 Å². The first-order chi connectivity index (χ1) is 13.0. The molecule has 0 aromatic heterocycles. The molecule has 0 bridgehead atoms. The summed E-state index contributed by atoms with van der Waals surface area (Å²) in [5.74, 6) is 1.31. The Morgan fingerprint density at radius 2 is 1.78 bits per heavy atom. The predicted octanol–water partition coefficient (Wildman–Crippen LogP) is 4.83. The van der Waals surface area contributed by atoms with E-state index in [1.807, 2.05) is 6.92 Å². The molecule has 1 fully saturated rings. The van der Waals surface area contributed by atoms with Gasteiger partial charge in [0, 0.05) is 23.8 Å². The van der Waals surface area contributed by atoms with Gasteiger partial charge in [-0.3, -0.25) is 4.79 Å². The van der Waals surface area contributed by atoms with E-state index >= 15 is 0 Å². The first-order valence-corrected chi connectivity index (χ1v) is 9.91. The van der Waals surface area contributed by atoms with Crippen molar-refractivity contribution in [3.63, 3.8) is 0 Å². The summed E-state index contributed by atoms with van der Waals surface area (Å²) in [6, 6.07) is 15.4. The van der Waals surface area contributed by atoms with Crippen LogP contribution in [0.1, 0.15) is 38.3 Å². The van der Waals surface area contributed by atoms with Crippen molar-refractivity contribution in [1.29, 1.82) is 0 Å². The van der Waals surface area contributed by atoms with Gasteiger partial charge in [-0.2, -0.15) is 0 Å². The monoisotopic (exact) mass is 386 g/mol. The van der Waals surface area contributed by atoms with Gasteiger partial charge in [-0.25, -0.2) is 0 Å². The van der Waals surface area contributed by atoms with E-state index in [9.17, 15) is 4.79 Å². The number of ether oxygens (including phenoxy) is 1. The molecule has 4 nitrogen and oxygen atoms in total. The molecule has 2 aromatic carbocycles. The minimum Gasteiger partial charge on any atom is -0.484 e. The van der Waals surface area contributed by atoms with Crippen molar-refractivity contribution in [3.05, 3.63) is 59.1 Å². The van der Waals surface area contributed by atoms with Crippen molar-refractivity contribution in [3.8, 4) is 5.75 Å². The number of hydrogen-bond acceptors (Lipinski definition) is 3. The largest absolute Gasteiger partial charge is 0.484 e. The molecule has 0 unspecified atom stereocenters. The second-order valence-electron chi connectivity index (χ2n) is 7.29. The lowest BCUT2D eigenvalue weighted by atomic mass is 9.98. The fourth-order valence-corrected chi connectivity index (χ4v) is 3.41. The molecule has 1 N–H and O–H groups in total. The van der Waals surface area contributed by atoms with Crippen LogP contribution in [0.15, 0.2) is 48.5 Å². The first-order valence-electron chi connectivity index (χ1n) is 9.54. The molecule has 1 amide bonds. The Bertz CT molecular complexity index is 738. The highest BCUT2D eigenvalue weighted by atomic mass is 35.5. The van der Waals surface area contributed by atoms with Crippen LogP contribution in [0.4, 0.5) is 5.69 Å². The van der Waals surface area contributed by atoms with Crippen LogP contribution in [0.25, 0.3) is 0 Å². The van der Waals surface area contributed by atoms with E-state index in [0.717, 1.165) is 24.6 Å². The van der Waals surface area contributed by atoms with Gasteiger partial charge < -0.3 is 15.0 Å². The zero-order chi connectivity index (χ0) is 19.2. The Kier molecular flexibility index (Phi) is 6.62.